The van der Waals surface area contributed by atoms with Gasteiger partial charge in [0.25, 0.3) is 0 Å². The number of amides is 1. The van der Waals surface area contributed by atoms with Crippen molar-refractivity contribution in [2.45, 2.75) is 47.6 Å². The van der Waals surface area contributed by atoms with Crippen LogP contribution in [0, 0.1) is 0 Å². The molecule has 0 spiro atoms. The Bertz CT molecular complexity index is 1210. The van der Waals surface area contributed by atoms with Crippen molar-refractivity contribution in [2.75, 3.05) is 5.73 Å². The van der Waals surface area contributed by atoms with E-state index in [1.807, 2.05) is 45.1 Å². The maximum Gasteiger partial charge on any atom is 0.244 e. The van der Waals surface area contributed by atoms with Crippen LogP contribution in [-0.2, 0) is 11.3 Å². The van der Waals surface area contributed by atoms with Crippen molar-refractivity contribution in [1.29, 1.82) is 0 Å². The van der Waals surface area contributed by atoms with Crippen molar-refractivity contribution in [2.24, 2.45) is 0 Å². The number of pyridine rings is 1. The van der Waals surface area contributed by atoms with Crippen LogP contribution < -0.4 is 21.7 Å². The Labute approximate surface area is 216 Å². The summed E-state index contributed by atoms with van der Waals surface area (Å²) in [7, 11) is 0. The number of nitrogens with two attached hydrogens (primary N) is 1. The number of anilines is 1. The predicted molar refractivity (Wildman–Crippen MR) is 156 cm³/mol. The Morgan fingerprint density at radius 3 is 2.22 bits per heavy atom. The van der Waals surface area contributed by atoms with E-state index in [1.165, 1.54) is 12.5 Å². The fraction of sp³-hybridized carbons (Fsp3) is 0.226. The molecule has 5 nitrogen and oxygen atoms in total. The van der Waals surface area contributed by atoms with E-state index in [1.54, 1.807) is 24.4 Å². The molecule has 0 aliphatic heterocycles. The molecule has 5 heteroatoms. The Morgan fingerprint density at radius 1 is 1.06 bits per heavy atom. The van der Waals surface area contributed by atoms with Gasteiger partial charge in [0.15, 0.2) is 0 Å². The second-order valence-electron chi connectivity index (χ2n) is 7.70. The van der Waals surface area contributed by atoms with Gasteiger partial charge in [-0.3, -0.25) is 4.79 Å². The minimum absolute atomic E-state index is 0.227. The van der Waals surface area contributed by atoms with E-state index in [-0.39, 0.29) is 12.5 Å². The molecule has 0 saturated heterocycles. The first-order valence-corrected chi connectivity index (χ1v) is 11.9. The number of aromatic nitrogens is 1. The largest absolute Gasteiger partial charge is 0.460 e. The van der Waals surface area contributed by atoms with Crippen molar-refractivity contribution >= 4 is 30.5 Å². The number of carbonyl (C=O) groups is 1. The summed E-state index contributed by atoms with van der Waals surface area (Å²) in [5, 5.41) is 3.53. The molecule has 0 bridgehead atoms. The summed E-state index contributed by atoms with van der Waals surface area (Å²) in [6, 6.07) is 5.26. The number of hydrogen-bond acceptors (Lipinski definition) is 4. The standard InChI is InChI=1S/C26H27N3O2.C3H8.C2H6/c1-17(2)18(3)7-8-19(4)20(5)13-23-14-24(31-21(23)6)16-29-26(30)12-10-22-9-11-25(27)28-15-22;1-3-2;1-2/h7-15H,1,3-6,16H2,2H3,(H2,27,28)(H,29,30);3H2,1-2H3;1-2H3/b8-7-,12-10+,23-13-;;. The number of hydrogen-bond donors (Lipinski definition) is 2. The lowest BCUT2D eigenvalue weighted by atomic mass is 10.1. The molecule has 3 N–H and O–H groups in total. The lowest BCUT2D eigenvalue weighted by Crippen LogP contribution is -2.19. The molecule has 0 aliphatic rings. The van der Waals surface area contributed by atoms with E-state index in [9.17, 15) is 4.79 Å². The van der Waals surface area contributed by atoms with Gasteiger partial charge in [-0.2, -0.15) is 0 Å². The molecule has 1 amide bonds. The minimum atomic E-state index is -0.259. The average Bonchev–Trinajstić information content (AvgIpc) is 3.21. The average molecular weight is 488 g/mol. The van der Waals surface area contributed by atoms with E-state index >= 15 is 0 Å². The van der Waals surface area contributed by atoms with Gasteiger partial charge < -0.3 is 15.5 Å². The van der Waals surface area contributed by atoms with Crippen LogP contribution in [0.4, 0.5) is 5.82 Å². The van der Waals surface area contributed by atoms with Gasteiger partial charge in [-0.15, -0.1) is 0 Å². The van der Waals surface area contributed by atoms with Crippen LogP contribution in [0.5, 0.6) is 0 Å². The smallest absolute Gasteiger partial charge is 0.244 e. The van der Waals surface area contributed by atoms with Gasteiger partial charge in [-0.25, -0.2) is 4.98 Å². The number of allylic oxidation sites excluding steroid dienone is 6. The van der Waals surface area contributed by atoms with Gasteiger partial charge in [-0.1, -0.05) is 84.7 Å². The molecule has 2 aromatic heterocycles. The van der Waals surface area contributed by atoms with Gasteiger partial charge in [0.2, 0.25) is 5.91 Å². The quantitative estimate of drug-likeness (QED) is 0.335. The Balaban J connectivity index is 0.00000227. The molecule has 0 atom stereocenters. The van der Waals surface area contributed by atoms with Gasteiger partial charge in [0, 0.05) is 17.5 Å². The van der Waals surface area contributed by atoms with Gasteiger partial charge >= 0.3 is 0 Å². The zero-order valence-electron chi connectivity index (χ0n) is 22.5. The van der Waals surface area contributed by atoms with Crippen LogP contribution in [0.15, 0.2) is 95.6 Å². The molecule has 0 aromatic carbocycles. The zero-order valence-corrected chi connectivity index (χ0v) is 22.5. The molecular formula is C31H41N3O2. The normalized spacial score (nSPS) is 10.8. The number of furan rings is 1. The molecule has 192 valence electrons. The molecule has 0 fully saturated rings. The summed E-state index contributed by atoms with van der Waals surface area (Å²) in [6.45, 7) is 30.1. The third kappa shape index (κ3) is 12.4. The van der Waals surface area contributed by atoms with Crippen LogP contribution in [0.3, 0.4) is 0 Å². The van der Waals surface area contributed by atoms with Crippen molar-refractivity contribution in [1.82, 2.24) is 10.3 Å². The molecule has 0 aliphatic carbocycles. The highest BCUT2D eigenvalue weighted by Gasteiger charge is 2.03. The summed E-state index contributed by atoms with van der Waals surface area (Å²) in [6.07, 6.45) is 11.4. The third-order valence-electron chi connectivity index (χ3n) is 4.34. The van der Waals surface area contributed by atoms with E-state index in [2.05, 4.69) is 57.0 Å². The summed E-state index contributed by atoms with van der Waals surface area (Å²) >= 11 is 0. The van der Waals surface area contributed by atoms with Crippen LogP contribution in [0.2, 0.25) is 0 Å². The highest BCUT2D eigenvalue weighted by atomic mass is 16.3. The molecule has 36 heavy (non-hydrogen) atoms. The Hall–Kier alpha value is -4.12. The molecule has 2 rings (SSSR count). The number of nitrogen functional groups attached to an aromatic ring is 1. The van der Waals surface area contributed by atoms with Crippen LogP contribution >= 0.6 is 0 Å². The summed E-state index contributed by atoms with van der Waals surface area (Å²) in [5.74, 6) is 0.748. The molecule has 2 heterocycles. The Kier molecular flexibility index (Phi) is 15.4. The summed E-state index contributed by atoms with van der Waals surface area (Å²) < 4.78 is 5.63. The van der Waals surface area contributed by atoms with Crippen LogP contribution in [0.1, 0.15) is 52.4 Å². The molecule has 0 saturated carbocycles. The SMILES string of the molecule is C=C(C)C(=C)/C=C\C(=C)C(=C)/C=c1/cc(CNC(=O)/C=C/c2ccc(N)nc2)oc1=C.CC.CCC. The maximum atomic E-state index is 12.0. The minimum Gasteiger partial charge on any atom is -0.460 e. The third-order valence-corrected chi connectivity index (χ3v) is 4.34. The monoisotopic (exact) mass is 487 g/mol. The molecule has 2 aromatic rings. The first-order valence-electron chi connectivity index (χ1n) is 11.9. The highest BCUT2D eigenvalue weighted by Crippen LogP contribution is 2.12. The Morgan fingerprint density at radius 2 is 1.67 bits per heavy atom. The van der Waals surface area contributed by atoms with Crippen molar-refractivity contribution in [3.8, 4) is 0 Å². The topological polar surface area (TPSA) is 81.2 Å². The summed E-state index contributed by atoms with van der Waals surface area (Å²) in [4.78, 5) is 16.0. The van der Waals surface area contributed by atoms with E-state index < -0.39 is 0 Å². The fourth-order valence-corrected chi connectivity index (χ4v) is 2.36. The van der Waals surface area contributed by atoms with Gasteiger partial charge in [0.1, 0.15) is 17.0 Å². The number of rotatable bonds is 9. The number of nitrogens with zero attached hydrogens (tertiary/aromatic N) is 1. The van der Waals surface area contributed by atoms with Crippen LogP contribution in [-0.4, -0.2) is 10.9 Å². The maximum absolute atomic E-state index is 12.0. The second-order valence-corrected chi connectivity index (χ2v) is 7.70. The molecule has 0 unspecified atom stereocenters. The van der Waals surface area contributed by atoms with Gasteiger partial charge in [0.05, 0.1) is 6.54 Å². The summed E-state index contributed by atoms with van der Waals surface area (Å²) in [5.41, 5.74) is 9.97. The van der Waals surface area contributed by atoms with E-state index in [0.29, 0.717) is 22.6 Å². The first kappa shape index (κ1) is 31.9. The molecular weight excluding hydrogens is 446 g/mol. The van der Waals surface area contributed by atoms with E-state index in [0.717, 1.165) is 27.5 Å². The van der Waals surface area contributed by atoms with Crippen molar-refractivity contribution < 1.29 is 9.21 Å². The zero-order chi connectivity index (χ0) is 27.7. The van der Waals surface area contributed by atoms with E-state index in [4.69, 9.17) is 10.2 Å². The first-order chi connectivity index (χ1) is 17.1. The van der Waals surface area contributed by atoms with Crippen LogP contribution in [0.25, 0.3) is 18.7 Å². The second kappa shape index (κ2) is 17.3. The fourth-order valence-electron chi connectivity index (χ4n) is 2.36. The lowest BCUT2D eigenvalue weighted by Gasteiger charge is -2.00. The van der Waals surface area contributed by atoms with Crippen molar-refractivity contribution in [3.63, 3.8) is 0 Å². The van der Waals surface area contributed by atoms with Gasteiger partial charge in [-0.05, 0) is 59.6 Å². The number of carbonyl (C=O) groups excluding carboxylic acids is 1. The molecule has 0 radical (unpaired) electrons. The predicted octanol–water partition coefficient (Wildman–Crippen LogP) is 6.02. The van der Waals surface area contributed by atoms with Crippen molar-refractivity contribution in [3.05, 3.63) is 113 Å². The highest BCUT2D eigenvalue weighted by molar-refractivity contribution is 5.91. The lowest BCUT2D eigenvalue weighted by molar-refractivity contribution is -0.116. The number of nitrogens with one attached hydrogen (secondary N) is 1.